The van der Waals surface area contributed by atoms with E-state index in [4.69, 9.17) is 10.00 Å². The van der Waals surface area contributed by atoms with E-state index in [0.29, 0.717) is 5.56 Å². The van der Waals surface area contributed by atoms with Crippen molar-refractivity contribution >= 4 is 5.97 Å². The summed E-state index contributed by atoms with van der Waals surface area (Å²) in [4.78, 5) is 11.4. The van der Waals surface area contributed by atoms with Gasteiger partial charge in [-0.15, -0.1) is 0 Å². The molecule has 0 saturated heterocycles. The number of hydrogen-bond acceptors (Lipinski definition) is 3. The molecule has 1 aromatic rings. The summed E-state index contributed by atoms with van der Waals surface area (Å²) in [5, 5.41) is 8.82. The summed E-state index contributed by atoms with van der Waals surface area (Å²) < 4.78 is 30.7. The summed E-state index contributed by atoms with van der Waals surface area (Å²) in [6.07, 6.45) is -3.03. The van der Waals surface area contributed by atoms with Gasteiger partial charge in [0.25, 0.3) is 6.43 Å². The van der Waals surface area contributed by atoms with Gasteiger partial charge in [0, 0.05) is 5.56 Å². The maximum atomic E-state index is 13.0. The minimum Gasteiger partial charge on any atom is -0.466 e. The van der Waals surface area contributed by atoms with Crippen molar-refractivity contribution in [2.24, 2.45) is 0 Å². The molecule has 0 heterocycles. The van der Waals surface area contributed by atoms with Crippen LogP contribution in [0.2, 0.25) is 0 Å². The van der Waals surface area contributed by atoms with E-state index >= 15 is 0 Å². The molecule has 3 nitrogen and oxygen atoms in total. The SMILES string of the molecule is CCOC(=O)Cc1c(C)ccc(C#N)c1C(F)F. The third-order valence-electron chi connectivity index (χ3n) is 2.56. The number of carbonyl (C=O) groups is 1. The van der Waals surface area contributed by atoms with E-state index < -0.39 is 12.4 Å². The monoisotopic (exact) mass is 253 g/mol. The van der Waals surface area contributed by atoms with Crippen LogP contribution in [0.3, 0.4) is 0 Å². The Morgan fingerprint density at radius 2 is 2.17 bits per heavy atom. The van der Waals surface area contributed by atoms with Gasteiger partial charge in [-0.05, 0) is 31.0 Å². The fraction of sp³-hybridized carbons (Fsp3) is 0.385. The van der Waals surface area contributed by atoms with Gasteiger partial charge >= 0.3 is 5.97 Å². The topological polar surface area (TPSA) is 50.1 Å². The predicted molar refractivity (Wildman–Crippen MR) is 61.2 cm³/mol. The Balaban J connectivity index is 3.24. The van der Waals surface area contributed by atoms with Crippen LogP contribution >= 0.6 is 0 Å². The van der Waals surface area contributed by atoms with Crippen LogP contribution in [0.25, 0.3) is 0 Å². The summed E-state index contributed by atoms with van der Waals surface area (Å²) in [5.41, 5.74) is 0.264. The molecule has 0 aliphatic heterocycles. The van der Waals surface area contributed by atoms with Crippen LogP contribution in [-0.4, -0.2) is 12.6 Å². The second kappa shape index (κ2) is 6.10. The number of carbonyl (C=O) groups excluding carboxylic acids is 1. The van der Waals surface area contributed by atoms with Crippen LogP contribution in [-0.2, 0) is 16.0 Å². The number of hydrogen-bond donors (Lipinski definition) is 0. The molecule has 0 aromatic heterocycles. The fourth-order valence-corrected chi connectivity index (χ4v) is 1.71. The Kier molecular flexibility index (Phi) is 4.78. The number of ether oxygens (including phenoxy) is 1. The summed E-state index contributed by atoms with van der Waals surface area (Å²) in [5.74, 6) is -0.572. The van der Waals surface area contributed by atoms with Gasteiger partial charge in [0.1, 0.15) is 0 Å². The van der Waals surface area contributed by atoms with Gasteiger partial charge in [-0.2, -0.15) is 5.26 Å². The minimum absolute atomic E-state index is 0.102. The zero-order chi connectivity index (χ0) is 13.7. The molecular formula is C13H13F2NO2. The van der Waals surface area contributed by atoms with Crippen LogP contribution in [0, 0.1) is 18.3 Å². The molecule has 0 aliphatic rings. The normalized spacial score (nSPS) is 10.2. The number of alkyl halides is 2. The first-order chi connectivity index (χ1) is 8.51. The lowest BCUT2D eigenvalue weighted by molar-refractivity contribution is -0.142. The van der Waals surface area contributed by atoms with E-state index in [1.165, 1.54) is 6.07 Å². The highest BCUT2D eigenvalue weighted by Crippen LogP contribution is 2.29. The number of rotatable bonds is 4. The minimum atomic E-state index is -2.79. The number of aryl methyl sites for hydroxylation is 1. The molecule has 0 spiro atoms. The molecule has 18 heavy (non-hydrogen) atoms. The van der Waals surface area contributed by atoms with Gasteiger partial charge in [0.15, 0.2) is 0 Å². The number of nitriles is 1. The molecule has 0 radical (unpaired) electrons. The molecule has 1 aromatic carbocycles. The quantitative estimate of drug-likeness (QED) is 0.775. The molecule has 0 saturated carbocycles. The summed E-state index contributed by atoms with van der Waals surface area (Å²) in [6.45, 7) is 3.46. The third kappa shape index (κ3) is 3.04. The van der Waals surface area contributed by atoms with Gasteiger partial charge in [-0.25, -0.2) is 8.78 Å². The standard InChI is InChI=1S/C13H13F2NO2/c1-3-18-11(17)6-10-8(2)4-5-9(7-16)12(10)13(14)15/h4-5,13H,3,6H2,1-2H3. The highest BCUT2D eigenvalue weighted by molar-refractivity contribution is 5.74. The first-order valence-electron chi connectivity index (χ1n) is 5.47. The molecule has 96 valence electrons. The predicted octanol–water partition coefficient (Wildman–Crippen LogP) is 2.91. The van der Waals surface area contributed by atoms with Crippen molar-refractivity contribution in [1.82, 2.24) is 0 Å². The van der Waals surface area contributed by atoms with E-state index in [9.17, 15) is 13.6 Å². The van der Waals surface area contributed by atoms with Crippen molar-refractivity contribution in [3.63, 3.8) is 0 Å². The van der Waals surface area contributed by atoms with Crippen LogP contribution in [0.4, 0.5) is 8.78 Å². The van der Waals surface area contributed by atoms with Crippen LogP contribution in [0.5, 0.6) is 0 Å². The number of halogens is 2. The molecule has 0 N–H and O–H groups in total. The fourth-order valence-electron chi connectivity index (χ4n) is 1.71. The second-order valence-corrected chi connectivity index (χ2v) is 3.72. The Morgan fingerprint density at radius 1 is 1.50 bits per heavy atom. The zero-order valence-corrected chi connectivity index (χ0v) is 10.2. The number of benzene rings is 1. The number of esters is 1. The van der Waals surface area contributed by atoms with E-state index in [2.05, 4.69) is 0 Å². The lowest BCUT2D eigenvalue weighted by atomic mass is 9.95. The first kappa shape index (κ1) is 14.1. The molecule has 0 fully saturated rings. The largest absolute Gasteiger partial charge is 0.466 e. The van der Waals surface area contributed by atoms with Crippen LogP contribution in [0.1, 0.15) is 35.6 Å². The van der Waals surface area contributed by atoms with Crippen LogP contribution in [0.15, 0.2) is 12.1 Å². The van der Waals surface area contributed by atoms with Crippen molar-refractivity contribution in [3.05, 3.63) is 34.4 Å². The van der Waals surface area contributed by atoms with Crippen molar-refractivity contribution in [3.8, 4) is 6.07 Å². The maximum Gasteiger partial charge on any atom is 0.310 e. The third-order valence-corrected chi connectivity index (χ3v) is 2.56. The summed E-state index contributed by atoms with van der Waals surface area (Å²) in [7, 11) is 0. The summed E-state index contributed by atoms with van der Waals surface area (Å²) in [6, 6.07) is 4.61. The molecule has 0 amide bonds. The van der Waals surface area contributed by atoms with Crippen molar-refractivity contribution < 1.29 is 18.3 Å². The van der Waals surface area contributed by atoms with Gasteiger partial charge in [-0.1, -0.05) is 6.07 Å². The van der Waals surface area contributed by atoms with E-state index in [1.807, 2.05) is 0 Å². The smallest absolute Gasteiger partial charge is 0.310 e. The Bertz CT molecular complexity index is 492. The molecule has 0 unspecified atom stereocenters. The van der Waals surface area contributed by atoms with Crippen LogP contribution < -0.4 is 0 Å². The Labute approximate surface area is 104 Å². The number of nitrogens with zero attached hydrogens (tertiary/aromatic N) is 1. The Hall–Kier alpha value is -1.96. The van der Waals surface area contributed by atoms with Gasteiger partial charge < -0.3 is 4.74 Å². The molecule has 0 aliphatic carbocycles. The Morgan fingerprint density at radius 3 is 2.67 bits per heavy atom. The van der Waals surface area contributed by atoms with Crippen molar-refractivity contribution in [1.29, 1.82) is 5.26 Å². The van der Waals surface area contributed by atoms with Gasteiger partial charge in [0.2, 0.25) is 0 Å². The maximum absolute atomic E-state index is 13.0. The summed E-state index contributed by atoms with van der Waals surface area (Å²) >= 11 is 0. The average molecular weight is 253 g/mol. The molecular weight excluding hydrogens is 240 g/mol. The molecule has 0 atom stereocenters. The lowest BCUT2D eigenvalue weighted by Gasteiger charge is -2.13. The molecule has 1 rings (SSSR count). The highest BCUT2D eigenvalue weighted by atomic mass is 19.3. The highest BCUT2D eigenvalue weighted by Gasteiger charge is 2.21. The average Bonchev–Trinajstić information content (AvgIpc) is 2.31. The van der Waals surface area contributed by atoms with E-state index in [0.717, 1.165) is 0 Å². The van der Waals surface area contributed by atoms with Crippen molar-refractivity contribution in [2.75, 3.05) is 6.61 Å². The lowest BCUT2D eigenvalue weighted by Crippen LogP contribution is -2.12. The molecule has 5 heteroatoms. The first-order valence-corrected chi connectivity index (χ1v) is 5.47. The van der Waals surface area contributed by atoms with E-state index in [-0.39, 0.29) is 29.7 Å². The molecule has 0 bridgehead atoms. The second-order valence-electron chi connectivity index (χ2n) is 3.72. The van der Waals surface area contributed by atoms with Gasteiger partial charge in [0.05, 0.1) is 24.7 Å². The van der Waals surface area contributed by atoms with E-state index in [1.54, 1.807) is 26.0 Å². The zero-order valence-electron chi connectivity index (χ0n) is 10.2. The van der Waals surface area contributed by atoms with Gasteiger partial charge in [-0.3, -0.25) is 4.79 Å². The van der Waals surface area contributed by atoms with Crippen molar-refractivity contribution in [2.45, 2.75) is 26.7 Å².